The van der Waals surface area contributed by atoms with Crippen molar-refractivity contribution in [1.29, 1.82) is 5.26 Å². The predicted molar refractivity (Wildman–Crippen MR) is 75.5 cm³/mol. The van der Waals surface area contributed by atoms with Crippen molar-refractivity contribution in [1.82, 2.24) is 15.1 Å². The monoisotopic (exact) mass is 252 g/mol. The van der Waals surface area contributed by atoms with E-state index in [0.29, 0.717) is 0 Å². The van der Waals surface area contributed by atoms with Gasteiger partial charge >= 0.3 is 0 Å². The first-order valence-electron chi connectivity index (χ1n) is 7.17. The average molecular weight is 252 g/mol. The molecule has 1 saturated heterocycles. The molecule has 0 saturated carbocycles. The van der Waals surface area contributed by atoms with Crippen LogP contribution in [0.15, 0.2) is 0 Å². The van der Waals surface area contributed by atoms with Crippen LogP contribution < -0.4 is 5.32 Å². The average Bonchev–Trinajstić information content (AvgIpc) is 2.87. The van der Waals surface area contributed by atoms with Crippen molar-refractivity contribution >= 4 is 0 Å². The predicted octanol–water partition coefficient (Wildman–Crippen LogP) is 1.30. The minimum Gasteiger partial charge on any atom is -0.305 e. The Morgan fingerprint density at radius 2 is 2.00 bits per heavy atom. The van der Waals surface area contributed by atoms with Gasteiger partial charge < -0.3 is 9.80 Å². The normalized spacial score (nSPS) is 19.9. The van der Waals surface area contributed by atoms with Gasteiger partial charge in [0.2, 0.25) is 0 Å². The number of nitrogens with one attached hydrogen (secondary N) is 1. The zero-order valence-electron chi connectivity index (χ0n) is 12.2. The zero-order valence-corrected chi connectivity index (χ0v) is 12.2. The van der Waals surface area contributed by atoms with Crippen molar-refractivity contribution in [3.8, 4) is 6.07 Å². The summed E-state index contributed by atoms with van der Waals surface area (Å²) in [6.45, 7) is 10.7. The third-order valence-corrected chi connectivity index (χ3v) is 3.80. The lowest BCUT2D eigenvalue weighted by atomic mass is 9.99. The number of nitriles is 1. The molecule has 1 unspecified atom stereocenters. The number of likely N-dealkylation sites (tertiary alicyclic amines) is 1. The Labute approximate surface area is 112 Å². The lowest BCUT2D eigenvalue weighted by Crippen LogP contribution is -2.44. The molecule has 1 rings (SSSR count). The van der Waals surface area contributed by atoms with Crippen LogP contribution >= 0.6 is 0 Å². The van der Waals surface area contributed by atoms with Gasteiger partial charge in [0.25, 0.3) is 0 Å². The fourth-order valence-electron chi connectivity index (χ4n) is 2.42. The Balaban J connectivity index is 2.18. The van der Waals surface area contributed by atoms with E-state index in [1.54, 1.807) is 0 Å². The van der Waals surface area contributed by atoms with E-state index in [9.17, 15) is 5.26 Å². The van der Waals surface area contributed by atoms with Gasteiger partial charge in [0, 0.05) is 19.6 Å². The maximum absolute atomic E-state index is 9.19. The highest BCUT2D eigenvalue weighted by Gasteiger charge is 2.22. The number of hydrogen-bond acceptors (Lipinski definition) is 4. The summed E-state index contributed by atoms with van der Waals surface area (Å²) < 4.78 is 0. The summed E-state index contributed by atoms with van der Waals surface area (Å²) in [5.41, 5.74) is -0.378. The van der Waals surface area contributed by atoms with E-state index in [4.69, 9.17) is 0 Å². The Morgan fingerprint density at radius 1 is 1.33 bits per heavy atom. The molecular formula is C14H28N4. The van der Waals surface area contributed by atoms with Crippen LogP contribution in [0.1, 0.15) is 33.1 Å². The summed E-state index contributed by atoms with van der Waals surface area (Å²) in [4.78, 5) is 4.87. The second-order valence-electron chi connectivity index (χ2n) is 5.58. The first kappa shape index (κ1) is 15.4. The molecular weight excluding hydrogens is 224 g/mol. The van der Waals surface area contributed by atoms with Gasteiger partial charge in [0.1, 0.15) is 5.54 Å². The van der Waals surface area contributed by atoms with Crippen molar-refractivity contribution < 1.29 is 0 Å². The van der Waals surface area contributed by atoms with E-state index in [2.05, 4.69) is 28.2 Å². The van der Waals surface area contributed by atoms with E-state index < -0.39 is 0 Å². The van der Waals surface area contributed by atoms with Gasteiger partial charge in [-0.15, -0.1) is 0 Å². The second kappa shape index (κ2) is 7.73. The van der Waals surface area contributed by atoms with Crippen LogP contribution in [0.25, 0.3) is 0 Å². The maximum Gasteiger partial charge on any atom is 0.105 e. The van der Waals surface area contributed by atoms with Crippen molar-refractivity contribution in [2.24, 2.45) is 0 Å². The molecule has 1 N–H and O–H groups in total. The lowest BCUT2D eigenvalue weighted by Gasteiger charge is -2.27. The van der Waals surface area contributed by atoms with Crippen LogP contribution in [0.2, 0.25) is 0 Å². The molecule has 18 heavy (non-hydrogen) atoms. The highest BCUT2D eigenvalue weighted by molar-refractivity contribution is 5.03. The third-order valence-electron chi connectivity index (χ3n) is 3.80. The highest BCUT2D eigenvalue weighted by atomic mass is 15.2. The van der Waals surface area contributed by atoms with Crippen molar-refractivity contribution in [2.45, 2.75) is 38.6 Å². The maximum atomic E-state index is 9.19. The summed E-state index contributed by atoms with van der Waals surface area (Å²) in [5, 5.41) is 12.5. The van der Waals surface area contributed by atoms with Gasteiger partial charge in [0.15, 0.2) is 0 Å². The van der Waals surface area contributed by atoms with Crippen LogP contribution in [0.3, 0.4) is 0 Å². The molecule has 0 aromatic carbocycles. The highest BCUT2D eigenvalue weighted by Crippen LogP contribution is 2.10. The van der Waals surface area contributed by atoms with Crippen molar-refractivity contribution in [3.63, 3.8) is 0 Å². The van der Waals surface area contributed by atoms with E-state index in [1.807, 2.05) is 13.8 Å². The van der Waals surface area contributed by atoms with Gasteiger partial charge in [-0.2, -0.15) is 5.26 Å². The van der Waals surface area contributed by atoms with E-state index in [0.717, 1.165) is 26.1 Å². The SMILES string of the molecule is CCNC(C)(C#N)CCN(C)CCN1CCCC1. The molecule has 0 aliphatic carbocycles. The van der Waals surface area contributed by atoms with Crippen LogP contribution in [-0.2, 0) is 0 Å². The van der Waals surface area contributed by atoms with Gasteiger partial charge in [-0.1, -0.05) is 6.92 Å². The molecule has 4 nitrogen and oxygen atoms in total. The molecule has 1 aliphatic heterocycles. The van der Waals surface area contributed by atoms with Crippen molar-refractivity contribution in [2.75, 3.05) is 46.3 Å². The molecule has 1 heterocycles. The molecule has 4 heteroatoms. The molecule has 1 aliphatic rings. The molecule has 1 fully saturated rings. The largest absolute Gasteiger partial charge is 0.305 e. The Bertz CT molecular complexity index is 267. The first-order valence-corrected chi connectivity index (χ1v) is 7.17. The number of nitrogens with zero attached hydrogens (tertiary/aromatic N) is 3. The fourth-order valence-corrected chi connectivity index (χ4v) is 2.42. The Morgan fingerprint density at radius 3 is 2.56 bits per heavy atom. The minimum absolute atomic E-state index is 0.378. The van der Waals surface area contributed by atoms with Gasteiger partial charge in [-0.3, -0.25) is 5.32 Å². The molecule has 0 aromatic rings. The quantitative estimate of drug-likeness (QED) is 0.707. The molecule has 0 amide bonds. The van der Waals surface area contributed by atoms with Crippen LogP contribution in [0, 0.1) is 11.3 Å². The molecule has 0 radical (unpaired) electrons. The Kier molecular flexibility index (Phi) is 6.62. The summed E-state index contributed by atoms with van der Waals surface area (Å²) >= 11 is 0. The minimum atomic E-state index is -0.378. The third kappa shape index (κ3) is 5.34. The van der Waals surface area contributed by atoms with E-state index in [-0.39, 0.29) is 5.54 Å². The Hall–Kier alpha value is -0.630. The zero-order chi connectivity index (χ0) is 13.4. The van der Waals surface area contributed by atoms with Gasteiger partial charge in [-0.25, -0.2) is 0 Å². The second-order valence-corrected chi connectivity index (χ2v) is 5.58. The van der Waals surface area contributed by atoms with Crippen LogP contribution in [0.4, 0.5) is 0 Å². The summed E-state index contributed by atoms with van der Waals surface area (Å²) in [7, 11) is 2.15. The smallest absolute Gasteiger partial charge is 0.105 e. The summed E-state index contributed by atoms with van der Waals surface area (Å²) in [6, 6.07) is 2.38. The van der Waals surface area contributed by atoms with Crippen LogP contribution in [0.5, 0.6) is 0 Å². The number of likely N-dealkylation sites (N-methyl/N-ethyl adjacent to an activating group) is 1. The topological polar surface area (TPSA) is 42.3 Å². The molecule has 1 atom stereocenters. The van der Waals surface area contributed by atoms with Gasteiger partial charge in [-0.05, 0) is 52.9 Å². The number of rotatable bonds is 8. The molecule has 0 aromatic heterocycles. The standard InChI is InChI=1S/C14H28N4/c1-4-16-14(2,13-15)7-10-17(3)11-12-18-8-5-6-9-18/h16H,4-12H2,1-3H3. The van der Waals surface area contributed by atoms with Crippen molar-refractivity contribution in [3.05, 3.63) is 0 Å². The molecule has 0 spiro atoms. The van der Waals surface area contributed by atoms with E-state index in [1.165, 1.54) is 32.5 Å². The lowest BCUT2D eigenvalue weighted by molar-refractivity contribution is 0.241. The first-order chi connectivity index (χ1) is 8.59. The fraction of sp³-hybridized carbons (Fsp3) is 0.929. The summed E-state index contributed by atoms with van der Waals surface area (Å²) in [6.07, 6.45) is 3.60. The van der Waals surface area contributed by atoms with E-state index >= 15 is 0 Å². The van der Waals surface area contributed by atoms with Crippen LogP contribution in [-0.4, -0.2) is 61.7 Å². The van der Waals surface area contributed by atoms with Gasteiger partial charge in [0.05, 0.1) is 6.07 Å². The number of hydrogen-bond donors (Lipinski definition) is 1. The molecule has 104 valence electrons. The molecule has 0 bridgehead atoms. The summed E-state index contributed by atoms with van der Waals surface area (Å²) in [5.74, 6) is 0.